The van der Waals surface area contributed by atoms with Crippen molar-refractivity contribution in [3.8, 4) is 0 Å². The van der Waals surface area contributed by atoms with E-state index < -0.39 is 0 Å². The van der Waals surface area contributed by atoms with Crippen LogP contribution in [0.25, 0.3) is 0 Å². The van der Waals surface area contributed by atoms with Gasteiger partial charge in [0.2, 0.25) is 17.7 Å². The van der Waals surface area contributed by atoms with E-state index in [2.05, 4.69) is 10.6 Å². The molecule has 3 rings (SSSR count). The molecule has 6 nitrogen and oxygen atoms in total. The summed E-state index contributed by atoms with van der Waals surface area (Å²) in [5.41, 5.74) is 0. The van der Waals surface area contributed by atoms with Crippen LogP contribution in [0, 0.1) is 11.8 Å². The molecule has 0 radical (unpaired) electrons. The largest absolute Gasteiger partial charge is 0.354 e. The van der Waals surface area contributed by atoms with Crippen LogP contribution in [0.3, 0.4) is 0 Å². The van der Waals surface area contributed by atoms with Crippen LogP contribution >= 0.6 is 0 Å². The van der Waals surface area contributed by atoms with Gasteiger partial charge in [0.25, 0.3) is 0 Å². The van der Waals surface area contributed by atoms with Crippen molar-refractivity contribution in [2.75, 3.05) is 19.6 Å². The lowest BCUT2D eigenvalue weighted by molar-refractivity contribution is -0.129. The zero-order valence-electron chi connectivity index (χ0n) is 11.6. The average Bonchev–Trinajstić information content (AvgIpc) is 3.16. The third-order valence-electron chi connectivity index (χ3n) is 4.37. The van der Waals surface area contributed by atoms with Gasteiger partial charge in [0.1, 0.15) is 0 Å². The smallest absolute Gasteiger partial charge is 0.225 e. The molecule has 2 N–H and O–H groups in total. The van der Waals surface area contributed by atoms with Crippen LogP contribution < -0.4 is 10.6 Å². The summed E-state index contributed by atoms with van der Waals surface area (Å²) in [6.45, 7) is 1.87. The minimum atomic E-state index is -0.223. The van der Waals surface area contributed by atoms with Crippen LogP contribution in [0.4, 0.5) is 0 Å². The molecule has 0 aromatic rings. The number of carbonyl (C=O) groups is 3. The predicted molar refractivity (Wildman–Crippen MR) is 71.6 cm³/mol. The second-order valence-electron chi connectivity index (χ2n) is 6.19. The maximum absolute atomic E-state index is 12.2. The highest BCUT2D eigenvalue weighted by Crippen LogP contribution is 2.32. The van der Waals surface area contributed by atoms with Crippen LogP contribution in [0.2, 0.25) is 0 Å². The number of piperidine rings is 1. The Morgan fingerprint density at radius 3 is 2.75 bits per heavy atom. The molecule has 2 heterocycles. The van der Waals surface area contributed by atoms with E-state index in [1.54, 1.807) is 0 Å². The molecule has 0 spiro atoms. The van der Waals surface area contributed by atoms with Crippen molar-refractivity contribution >= 4 is 17.7 Å². The van der Waals surface area contributed by atoms with Crippen molar-refractivity contribution in [3.63, 3.8) is 0 Å². The first-order valence-electron chi connectivity index (χ1n) is 7.46. The van der Waals surface area contributed by atoms with Gasteiger partial charge in [-0.2, -0.15) is 0 Å². The van der Waals surface area contributed by atoms with Gasteiger partial charge in [-0.05, 0) is 25.2 Å². The van der Waals surface area contributed by atoms with E-state index in [4.69, 9.17) is 0 Å². The Morgan fingerprint density at radius 2 is 2.10 bits per heavy atom. The SMILES string of the molecule is O=C1CCC(NC(=O)C2CC(=O)N(CC3CC3)C2)CN1. The van der Waals surface area contributed by atoms with Gasteiger partial charge >= 0.3 is 0 Å². The summed E-state index contributed by atoms with van der Waals surface area (Å²) < 4.78 is 0. The first-order chi connectivity index (χ1) is 9.61. The van der Waals surface area contributed by atoms with Crippen molar-refractivity contribution in [3.05, 3.63) is 0 Å². The highest BCUT2D eigenvalue weighted by Gasteiger charge is 2.37. The molecular weight excluding hydrogens is 258 g/mol. The van der Waals surface area contributed by atoms with Crippen LogP contribution in [-0.2, 0) is 14.4 Å². The summed E-state index contributed by atoms with van der Waals surface area (Å²) >= 11 is 0. The molecule has 1 aliphatic carbocycles. The first-order valence-corrected chi connectivity index (χ1v) is 7.46. The van der Waals surface area contributed by atoms with Crippen LogP contribution in [0.5, 0.6) is 0 Å². The lowest BCUT2D eigenvalue weighted by Gasteiger charge is -2.24. The fourth-order valence-electron chi connectivity index (χ4n) is 2.91. The third kappa shape index (κ3) is 3.11. The summed E-state index contributed by atoms with van der Waals surface area (Å²) in [6, 6.07) is 0.00721. The number of carbonyl (C=O) groups excluding carboxylic acids is 3. The summed E-state index contributed by atoms with van der Waals surface area (Å²) in [6.07, 6.45) is 3.90. The maximum Gasteiger partial charge on any atom is 0.225 e. The zero-order chi connectivity index (χ0) is 14.1. The predicted octanol–water partition coefficient (Wildman–Crippen LogP) is -0.360. The fourth-order valence-corrected chi connectivity index (χ4v) is 2.91. The second-order valence-corrected chi connectivity index (χ2v) is 6.19. The van der Waals surface area contributed by atoms with E-state index in [1.165, 1.54) is 12.8 Å². The number of hydrogen-bond donors (Lipinski definition) is 2. The van der Waals surface area contributed by atoms with Crippen molar-refractivity contribution in [1.29, 1.82) is 0 Å². The maximum atomic E-state index is 12.2. The van der Waals surface area contributed by atoms with Crippen molar-refractivity contribution in [2.45, 2.75) is 38.1 Å². The molecule has 0 bridgehead atoms. The topological polar surface area (TPSA) is 78.5 Å². The van der Waals surface area contributed by atoms with Crippen molar-refractivity contribution in [1.82, 2.24) is 15.5 Å². The molecule has 0 aromatic heterocycles. The van der Waals surface area contributed by atoms with Crippen LogP contribution in [0.15, 0.2) is 0 Å². The number of hydrogen-bond acceptors (Lipinski definition) is 3. The Morgan fingerprint density at radius 1 is 1.30 bits per heavy atom. The molecule has 3 aliphatic rings. The van der Waals surface area contributed by atoms with E-state index in [0.29, 0.717) is 38.3 Å². The lowest BCUT2D eigenvalue weighted by atomic mass is 10.0. The van der Waals surface area contributed by atoms with Gasteiger partial charge in [0.15, 0.2) is 0 Å². The van der Waals surface area contributed by atoms with E-state index >= 15 is 0 Å². The molecule has 3 fully saturated rings. The number of nitrogens with one attached hydrogen (secondary N) is 2. The van der Waals surface area contributed by atoms with Gasteiger partial charge in [-0.1, -0.05) is 0 Å². The summed E-state index contributed by atoms with van der Waals surface area (Å²) in [7, 11) is 0. The molecule has 1 saturated carbocycles. The third-order valence-corrected chi connectivity index (χ3v) is 4.37. The second kappa shape index (κ2) is 5.42. The summed E-state index contributed by atoms with van der Waals surface area (Å²) in [5, 5.41) is 5.71. The minimum Gasteiger partial charge on any atom is -0.354 e. The number of amides is 3. The average molecular weight is 279 g/mol. The molecule has 0 aromatic carbocycles. The standard InChI is InChI=1S/C14H21N3O3/c18-12-4-3-11(6-15-12)16-14(20)10-5-13(19)17(8-10)7-9-1-2-9/h9-11H,1-8H2,(H,15,18)(H,16,20). The monoisotopic (exact) mass is 279 g/mol. The Balaban J connectivity index is 1.47. The summed E-state index contributed by atoms with van der Waals surface area (Å²) in [5.74, 6) is 0.544. The molecule has 110 valence electrons. The Kier molecular flexibility index (Phi) is 3.63. The minimum absolute atomic E-state index is 0.00721. The van der Waals surface area contributed by atoms with Gasteiger partial charge in [0.05, 0.1) is 5.92 Å². The lowest BCUT2D eigenvalue weighted by Crippen LogP contribution is -2.49. The van der Waals surface area contributed by atoms with Crippen LogP contribution in [0.1, 0.15) is 32.1 Å². The van der Waals surface area contributed by atoms with E-state index in [0.717, 1.165) is 6.54 Å². The number of rotatable bonds is 4. The van der Waals surface area contributed by atoms with Gasteiger partial charge in [-0.3, -0.25) is 14.4 Å². The first kappa shape index (κ1) is 13.4. The normalized spacial score (nSPS) is 30.3. The van der Waals surface area contributed by atoms with Gasteiger partial charge < -0.3 is 15.5 Å². The highest BCUT2D eigenvalue weighted by atomic mass is 16.2. The van der Waals surface area contributed by atoms with Gasteiger partial charge in [-0.25, -0.2) is 0 Å². The van der Waals surface area contributed by atoms with Crippen molar-refractivity contribution < 1.29 is 14.4 Å². The molecular formula is C14H21N3O3. The molecule has 2 aliphatic heterocycles. The number of nitrogens with zero attached hydrogens (tertiary/aromatic N) is 1. The van der Waals surface area contributed by atoms with E-state index in [-0.39, 0.29) is 29.7 Å². The van der Waals surface area contributed by atoms with E-state index in [9.17, 15) is 14.4 Å². The Hall–Kier alpha value is -1.59. The van der Waals surface area contributed by atoms with Crippen molar-refractivity contribution in [2.24, 2.45) is 11.8 Å². The quantitative estimate of drug-likeness (QED) is 0.737. The summed E-state index contributed by atoms with van der Waals surface area (Å²) in [4.78, 5) is 37.0. The number of likely N-dealkylation sites (tertiary alicyclic amines) is 1. The highest BCUT2D eigenvalue weighted by molar-refractivity contribution is 5.89. The Labute approximate surface area is 118 Å². The fraction of sp³-hybridized carbons (Fsp3) is 0.786. The van der Waals surface area contributed by atoms with E-state index in [1.807, 2.05) is 4.90 Å². The van der Waals surface area contributed by atoms with Crippen LogP contribution in [-0.4, -0.2) is 48.3 Å². The Bertz CT molecular complexity index is 423. The van der Waals surface area contributed by atoms with Gasteiger partial charge in [0, 0.05) is 38.5 Å². The molecule has 3 amide bonds. The molecule has 6 heteroatoms. The molecule has 2 saturated heterocycles. The molecule has 2 atom stereocenters. The molecule has 20 heavy (non-hydrogen) atoms. The zero-order valence-corrected chi connectivity index (χ0v) is 11.6. The van der Waals surface area contributed by atoms with Gasteiger partial charge in [-0.15, -0.1) is 0 Å². The molecule has 2 unspecified atom stereocenters.